The fourth-order valence-corrected chi connectivity index (χ4v) is 3.24. The van der Waals surface area contributed by atoms with Crippen LogP contribution in [-0.4, -0.2) is 31.1 Å². The minimum Gasteiger partial charge on any atom is -0.293 e. The van der Waals surface area contributed by atoms with Crippen LogP contribution in [0.2, 0.25) is 0 Å². The van der Waals surface area contributed by atoms with Gasteiger partial charge in [0.1, 0.15) is 0 Å². The van der Waals surface area contributed by atoms with E-state index in [9.17, 15) is 4.79 Å². The Morgan fingerprint density at radius 3 is 2.65 bits per heavy atom. The van der Waals surface area contributed by atoms with E-state index >= 15 is 0 Å². The summed E-state index contributed by atoms with van der Waals surface area (Å²) in [5.41, 5.74) is 4.81. The molecule has 0 N–H and O–H groups in total. The van der Waals surface area contributed by atoms with Crippen LogP contribution < -0.4 is 0 Å². The van der Waals surface area contributed by atoms with Crippen molar-refractivity contribution in [1.29, 1.82) is 0 Å². The van der Waals surface area contributed by atoms with Crippen LogP contribution in [0.4, 0.5) is 0 Å². The number of benzene rings is 1. The number of rotatable bonds is 4. The normalized spacial score (nSPS) is 11.1. The van der Waals surface area contributed by atoms with Gasteiger partial charge in [-0.1, -0.05) is 35.5 Å². The molecule has 3 aromatic rings. The van der Waals surface area contributed by atoms with E-state index in [2.05, 4.69) is 15.1 Å². The molecule has 1 aromatic carbocycles. The molecule has 0 fully saturated rings. The lowest BCUT2D eigenvalue weighted by Crippen LogP contribution is -2.05. The SMILES string of the molecule is Cc1ccc(C(=O)CSc2nc3nc(C)cc(C)n3n2)c(C)c1. The second-order valence-corrected chi connectivity index (χ2v) is 6.62. The van der Waals surface area contributed by atoms with Crippen LogP contribution in [0.5, 0.6) is 0 Å². The summed E-state index contributed by atoms with van der Waals surface area (Å²) in [6.07, 6.45) is 0. The maximum Gasteiger partial charge on any atom is 0.253 e. The monoisotopic (exact) mass is 326 g/mol. The van der Waals surface area contributed by atoms with E-state index in [-0.39, 0.29) is 5.78 Å². The van der Waals surface area contributed by atoms with Gasteiger partial charge in [-0.05, 0) is 39.3 Å². The molecule has 0 bridgehead atoms. The lowest BCUT2D eigenvalue weighted by atomic mass is 10.0. The molecule has 0 saturated carbocycles. The molecule has 0 atom stereocenters. The average Bonchev–Trinajstić information content (AvgIpc) is 2.88. The largest absolute Gasteiger partial charge is 0.293 e. The number of aryl methyl sites for hydroxylation is 4. The van der Waals surface area contributed by atoms with Gasteiger partial charge in [0.05, 0.1) is 5.75 Å². The van der Waals surface area contributed by atoms with Crippen molar-refractivity contribution < 1.29 is 4.79 Å². The molecule has 0 aliphatic carbocycles. The van der Waals surface area contributed by atoms with E-state index in [4.69, 9.17) is 0 Å². The van der Waals surface area contributed by atoms with Gasteiger partial charge >= 0.3 is 0 Å². The third-order valence-corrected chi connectivity index (χ3v) is 4.45. The van der Waals surface area contributed by atoms with Gasteiger partial charge in [-0.2, -0.15) is 4.98 Å². The maximum atomic E-state index is 12.4. The zero-order valence-electron chi connectivity index (χ0n) is 13.6. The summed E-state index contributed by atoms with van der Waals surface area (Å²) in [6, 6.07) is 7.83. The lowest BCUT2D eigenvalue weighted by Gasteiger charge is -2.04. The molecular formula is C17H18N4OS. The number of fused-ring (bicyclic) bond motifs is 1. The molecule has 3 rings (SSSR count). The van der Waals surface area contributed by atoms with Gasteiger partial charge in [0.15, 0.2) is 5.78 Å². The zero-order valence-corrected chi connectivity index (χ0v) is 14.4. The first-order valence-corrected chi connectivity index (χ1v) is 8.37. The molecule has 6 heteroatoms. The second kappa shape index (κ2) is 6.12. The molecule has 0 aliphatic rings. The van der Waals surface area contributed by atoms with Gasteiger partial charge in [-0.25, -0.2) is 9.50 Å². The third-order valence-electron chi connectivity index (χ3n) is 3.61. The van der Waals surface area contributed by atoms with Gasteiger partial charge in [0, 0.05) is 17.0 Å². The van der Waals surface area contributed by atoms with E-state index in [1.165, 1.54) is 11.8 Å². The van der Waals surface area contributed by atoms with Crippen molar-refractivity contribution in [2.75, 3.05) is 5.75 Å². The molecule has 2 heterocycles. The minimum atomic E-state index is 0.0900. The Balaban J connectivity index is 1.78. The number of ketones is 1. The highest BCUT2D eigenvalue weighted by molar-refractivity contribution is 7.99. The fraction of sp³-hybridized carbons (Fsp3) is 0.294. The third kappa shape index (κ3) is 3.27. The number of hydrogen-bond acceptors (Lipinski definition) is 5. The van der Waals surface area contributed by atoms with E-state index < -0.39 is 0 Å². The molecule has 2 aromatic heterocycles. The minimum absolute atomic E-state index is 0.0900. The highest BCUT2D eigenvalue weighted by atomic mass is 32.2. The number of hydrogen-bond donors (Lipinski definition) is 0. The smallest absolute Gasteiger partial charge is 0.253 e. The summed E-state index contributed by atoms with van der Waals surface area (Å²) in [4.78, 5) is 21.1. The number of carbonyl (C=O) groups is 1. The molecule has 0 aliphatic heterocycles. The van der Waals surface area contributed by atoms with Gasteiger partial charge in [-0.15, -0.1) is 5.10 Å². The van der Waals surface area contributed by atoms with Crippen molar-refractivity contribution in [2.45, 2.75) is 32.9 Å². The van der Waals surface area contributed by atoms with Crippen LogP contribution in [0.1, 0.15) is 32.9 Å². The summed E-state index contributed by atoms with van der Waals surface area (Å²) < 4.78 is 1.71. The number of carbonyl (C=O) groups excluding carboxylic acids is 1. The maximum absolute atomic E-state index is 12.4. The quantitative estimate of drug-likeness (QED) is 0.543. The van der Waals surface area contributed by atoms with Crippen LogP contribution in [0, 0.1) is 27.7 Å². The first-order chi connectivity index (χ1) is 10.9. The van der Waals surface area contributed by atoms with Gasteiger partial charge in [0.2, 0.25) is 5.16 Å². The summed E-state index contributed by atoms with van der Waals surface area (Å²) in [7, 11) is 0. The van der Waals surface area contributed by atoms with Crippen LogP contribution in [0.25, 0.3) is 5.78 Å². The molecule has 0 unspecified atom stereocenters. The van der Waals surface area contributed by atoms with Crippen molar-refractivity contribution in [2.24, 2.45) is 0 Å². The Hall–Kier alpha value is -2.21. The molecule has 23 heavy (non-hydrogen) atoms. The zero-order chi connectivity index (χ0) is 16.6. The van der Waals surface area contributed by atoms with Crippen molar-refractivity contribution in [3.8, 4) is 0 Å². The molecular weight excluding hydrogens is 308 g/mol. The van der Waals surface area contributed by atoms with Crippen molar-refractivity contribution in [1.82, 2.24) is 19.6 Å². The molecule has 0 radical (unpaired) electrons. The molecule has 0 amide bonds. The van der Waals surface area contributed by atoms with Crippen LogP contribution in [-0.2, 0) is 0 Å². The molecule has 0 saturated heterocycles. The van der Waals surface area contributed by atoms with Crippen LogP contribution >= 0.6 is 11.8 Å². The lowest BCUT2D eigenvalue weighted by molar-refractivity contribution is 0.102. The molecule has 0 spiro atoms. The highest BCUT2D eigenvalue weighted by Gasteiger charge is 2.13. The van der Waals surface area contributed by atoms with E-state index in [1.807, 2.05) is 52.0 Å². The topological polar surface area (TPSA) is 60.2 Å². The van der Waals surface area contributed by atoms with Gasteiger partial charge < -0.3 is 0 Å². The summed E-state index contributed by atoms with van der Waals surface area (Å²) in [5.74, 6) is 0.981. The molecule has 5 nitrogen and oxygen atoms in total. The summed E-state index contributed by atoms with van der Waals surface area (Å²) in [5, 5.41) is 4.98. The second-order valence-electron chi connectivity index (χ2n) is 5.68. The average molecular weight is 326 g/mol. The first-order valence-electron chi connectivity index (χ1n) is 7.38. The van der Waals surface area contributed by atoms with E-state index in [1.54, 1.807) is 4.52 Å². The number of nitrogens with zero attached hydrogens (tertiary/aromatic N) is 4. The standard InChI is InChI=1S/C17H18N4OS/c1-10-5-6-14(11(2)7-10)15(22)9-23-17-19-16-18-12(3)8-13(4)21(16)20-17/h5-8H,9H2,1-4H3. The van der Waals surface area contributed by atoms with Crippen molar-refractivity contribution >= 4 is 23.3 Å². The Labute approximate surface area is 139 Å². The van der Waals surface area contributed by atoms with E-state index in [0.29, 0.717) is 16.7 Å². The Morgan fingerprint density at radius 2 is 1.91 bits per heavy atom. The number of aromatic nitrogens is 4. The predicted octanol–water partition coefficient (Wildman–Crippen LogP) is 3.33. The van der Waals surface area contributed by atoms with Crippen LogP contribution in [0.15, 0.2) is 29.4 Å². The highest BCUT2D eigenvalue weighted by Crippen LogP contribution is 2.19. The Morgan fingerprint density at radius 1 is 1.13 bits per heavy atom. The van der Waals surface area contributed by atoms with Crippen molar-refractivity contribution in [3.63, 3.8) is 0 Å². The molecule has 118 valence electrons. The fourth-order valence-electron chi connectivity index (χ4n) is 2.54. The predicted molar refractivity (Wildman–Crippen MR) is 91.2 cm³/mol. The van der Waals surface area contributed by atoms with Gasteiger partial charge in [0.25, 0.3) is 5.78 Å². The van der Waals surface area contributed by atoms with E-state index in [0.717, 1.165) is 28.1 Å². The Bertz CT molecular complexity index is 901. The number of Topliss-reactive ketones (excluding diaryl/α,β-unsaturated/α-hetero) is 1. The first kappa shape index (κ1) is 15.7. The summed E-state index contributed by atoms with van der Waals surface area (Å²) in [6.45, 7) is 7.88. The van der Waals surface area contributed by atoms with Crippen LogP contribution in [0.3, 0.4) is 0 Å². The number of thioether (sulfide) groups is 1. The Kier molecular flexibility index (Phi) is 4.17. The summed E-state index contributed by atoms with van der Waals surface area (Å²) >= 11 is 1.34. The van der Waals surface area contributed by atoms with Crippen molar-refractivity contribution in [3.05, 3.63) is 52.3 Å². The van der Waals surface area contributed by atoms with Gasteiger partial charge in [-0.3, -0.25) is 4.79 Å².